The molecule has 1 N–H and O–H groups in total. The number of ether oxygens (including phenoxy) is 1. The molecule has 0 radical (unpaired) electrons. The number of halogens is 1. The molecule has 2 heterocycles. The van der Waals surface area contributed by atoms with E-state index in [1.807, 2.05) is 12.1 Å². The van der Waals surface area contributed by atoms with Crippen LogP contribution in [0.2, 0.25) is 5.02 Å². The van der Waals surface area contributed by atoms with Crippen molar-refractivity contribution in [2.75, 3.05) is 19.8 Å². The van der Waals surface area contributed by atoms with Gasteiger partial charge in [-0.05, 0) is 18.2 Å². The molecule has 1 saturated heterocycles. The molecule has 4 nitrogen and oxygen atoms in total. The van der Waals surface area contributed by atoms with Gasteiger partial charge in [-0.25, -0.2) is 4.98 Å². The van der Waals surface area contributed by atoms with Crippen LogP contribution in [0.25, 0.3) is 11.1 Å². The first-order valence-corrected chi connectivity index (χ1v) is 6.05. The molecule has 3 rings (SSSR count). The van der Waals surface area contributed by atoms with Gasteiger partial charge in [0.2, 0.25) is 0 Å². The lowest BCUT2D eigenvalue weighted by Gasteiger charge is -2.22. The summed E-state index contributed by atoms with van der Waals surface area (Å²) in [5, 5.41) is 4.05. The van der Waals surface area contributed by atoms with Crippen molar-refractivity contribution in [3.8, 4) is 0 Å². The number of nitrogens with zero attached hydrogens (tertiary/aromatic N) is 1. The highest BCUT2D eigenvalue weighted by molar-refractivity contribution is 6.31. The molecule has 1 fully saturated rings. The van der Waals surface area contributed by atoms with E-state index in [4.69, 9.17) is 20.8 Å². The normalized spacial score (nSPS) is 20.9. The zero-order valence-corrected chi connectivity index (χ0v) is 10.0. The van der Waals surface area contributed by atoms with Crippen molar-refractivity contribution < 1.29 is 9.15 Å². The quantitative estimate of drug-likeness (QED) is 0.888. The molecule has 5 heteroatoms. The topological polar surface area (TPSA) is 47.3 Å². The van der Waals surface area contributed by atoms with Gasteiger partial charge in [-0.1, -0.05) is 11.6 Å². The number of hydrogen-bond donors (Lipinski definition) is 1. The molecular weight excluding hydrogens is 240 g/mol. The summed E-state index contributed by atoms with van der Waals surface area (Å²) in [6.45, 7) is 2.37. The molecule has 1 aromatic heterocycles. The number of morpholine rings is 1. The first-order chi connectivity index (χ1) is 8.31. The summed E-state index contributed by atoms with van der Waals surface area (Å²) in [5.74, 6) is 0.727. The third-order valence-corrected chi connectivity index (χ3v) is 3.05. The molecule has 1 atom stereocenters. The summed E-state index contributed by atoms with van der Waals surface area (Å²) >= 11 is 5.91. The van der Waals surface area contributed by atoms with Crippen LogP contribution in [0, 0.1) is 0 Å². The number of nitrogens with one attached hydrogen (secondary N) is 1. The van der Waals surface area contributed by atoms with Crippen molar-refractivity contribution in [2.24, 2.45) is 0 Å². The van der Waals surface area contributed by atoms with Gasteiger partial charge in [0.15, 0.2) is 11.5 Å². The van der Waals surface area contributed by atoms with Gasteiger partial charge in [0.25, 0.3) is 0 Å². The van der Waals surface area contributed by atoms with Gasteiger partial charge in [-0.3, -0.25) is 0 Å². The molecule has 1 aliphatic rings. The molecule has 90 valence electrons. The molecule has 1 unspecified atom stereocenters. The molecule has 1 aromatic carbocycles. The zero-order valence-electron chi connectivity index (χ0n) is 9.28. The Hall–Kier alpha value is -1.10. The van der Waals surface area contributed by atoms with Crippen molar-refractivity contribution in [2.45, 2.75) is 12.5 Å². The van der Waals surface area contributed by atoms with E-state index >= 15 is 0 Å². The Kier molecular flexibility index (Phi) is 3.01. The van der Waals surface area contributed by atoms with E-state index in [0.717, 1.165) is 36.6 Å². The number of fused-ring (bicyclic) bond motifs is 1. The van der Waals surface area contributed by atoms with Gasteiger partial charge < -0.3 is 14.5 Å². The molecule has 1 aliphatic heterocycles. The van der Waals surface area contributed by atoms with Crippen LogP contribution in [0.1, 0.15) is 5.89 Å². The summed E-state index contributed by atoms with van der Waals surface area (Å²) in [7, 11) is 0. The molecule has 0 bridgehead atoms. The van der Waals surface area contributed by atoms with E-state index in [0.29, 0.717) is 11.6 Å². The third-order valence-electron chi connectivity index (χ3n) is 2.81. The van der Waals surface area contributed by atoms with Crippen molar-refractivity contribution in [1.82, 2.24) is 10.3 Å². The summed E-state index contributed by atoms with van der Waals surface area (Å²) < 4.78 is 11.1. The summed E-state index contributed by atoms with van der Waals surface area (Å²) in [4.78, 5) is 4.42. The van der Waals surface area contributed by atoms with Crippen LogP contribution in [-0.4, -0.2) is 30.8 Å². The predicted octanol–water partition coefficient (Wildman–Crippen LogP) is 2.01. The maximum Gasteiger partial charge on any atom is 0.197 e. The van der Waals surface area contributed by atoms with E-state index in [1.165, 1.54) is 0 Å². The Balaban J connectivity index is 1.80. The molecule has 0 aliphatic carbocycles. The van der Waals surface area contributed by atoms with Gasteiger partial charge in [0.05, 0.1) is 13.2 Å². The second-order valence-corrected chi connectivity index (χ2v) is 4.59. The average Bonchev–Trinajstić information content (AvgIpc) is 2.71. The second kappa shape index (κ2) is 4.64. The van der Waals surface area contributed by atoms with Crippen LogP contribution >= 0.6 is 11.6 Å². The summed E-state index contributed by atoms with van der Waals surface area (Å²) in [6.07, 6.45) is 0.742. The first kappa shape index (κ1) is 11.0. The third kappa shape index (κ3) is 2.44. The lowest BCUT2D eigenvalue weighted by atomic mass is 10.2. The number of hydrogen-bond acceptors (Lipinski definition) is 4. The lowest BCUT2D eigenvalue weighted by Crippen LogP contribution is -2.42. The smallest absolute Gasteiger partial charge is 0.197 e. The largest absolute Gasteiger partial charge is 0.441 e. The fraction of sp³-hybridized carbons (Fsp3) is 0.417. The minimum absolute atomic E-state index is 0.285. The fourth-order valence-corrected chi connectivity index (χ4v) is 2.16. The standard InChI is InChI=1S/C12H13ClN2O2/c13-8-1-2-11-10(5-8)15-12(17-11)6-9-7-16-4-3-14-9/h1-2,5,9,14H,3-4,6-7H2. The summed E-state index contributed by atoms with van der Waals surface area (Å²) in [6, 6.07) is 5.75. The Labute approximate surface area is 104 Å². The monoisotopic (exact) mass is 252 g/mol. The van der Waals surface area contributed by atoms with Crippen molar-refractivity contribution in [3.63, 3.8) is 0 Å². The van der Waals surface area contributed by atoms with Crippen LogP contribution in [0.4, 0.5) is 0 Å². The average molecular weight is 253 g/mol. The number of benzene rings is 1. The molecular formula is C12H13ClN2O2. The Morgan fingerprint density at radius 1 is 1.47 bits per heavy atom. The zero-order chi connectivity index (χ0) is 11.7. The molecule has 0 spiro atoms. The van der Waals surface area contributed by atoms with E-state index < -0.39 is 0 Å². The first-order valence-electron chi connectivity index (χ1n) is 5.67. The van der Waals surface area contributed by atoms with E-state index in [2.05, 4.69) is 10.3 Å². The Bertz CT molecular complexity index is 520. The molecule has 0 amide bonds. The van der Waals surface area contributed by atoms with Crippen molar-refractivity contribution in [1.29, 1.82) is 0 Å². The molecule has 0 saturated carbocycles. The van der Waals surface area contributed by atoms with Gasteiger partial charge in [0.1, 0.15) is 5.52 Å². The Morgan fingerprint density at radius 2 is 2.41 bits per heavy atom. The van der Waals surface area contributed by atoms with E-state index in [9.17, 15) is 0 Å². The lowest BCUT2D eigenvalue weighted by molar-refractivity contribution is 0.0751. The second-order valence-electron chi connectivity index (χ2n) is 4.15. The van der Waals surface area contributed by atoms with Crippen LogP contribution in [0.5, 0.6) is 0 Å². The highest BCUT2D eigenvalue weighted by Crippen LogP contribution is 2.20. The van der Waals surface area contributed by atoms with Crippen molar-refractivity contribution >= 4 is 22.7 Å². The predicted molar refractivity (Wildman–Crippen MR) is 65.3 cm³/mol. The minimum atomic E-state index is 0.285. The van der Waals surface area contributed by atoms with Gasteiger partial charge in [0, 0.05) is 24.0 Å². The van der Waals surface area contributed by atoms with Crippen LogP contribution in [0.15, 0.2) is 22.6 Å². The van der Waals surface area contributed by atoms with E-state index in [-0.39, 0.29) is 6.04 Å². The maximum absolute atomic E-state index is 5.91. The number of rotatable bonds is 2. The number of oxazole rings is 1. The molecule has 17 heavy (non-hydrogen) atoms. The highest BCUT2D eigenvalue weighted by atomic mass is 35.5. The minimum Gasteiger partial charge on any atom is -0.441 e. The highest BCUT2D eigenvalue weighted by Gasteiger charge is 2.16. The van der Waals surface area contributed by atoms with Gasteiger partial charge >= 0.3 is 0 Å². The fourth-order valence-electron chi connectivity index (χ4n) is 2.00. The van der Waals surface area contributed by atoms with Crippen LogP contribution < -0.4 is 5.32 Å². The Morgan fingerprint density at radius 3 is 3.24 bits per heavy atom. The summed E-state index contributed by atoms with van der Waals surface area (Å²) in [5.41, 5.74) is 1.59. The van der Waals surface area contributed by atoms with Crippen molar-refractivity contribution in [3.05, 3.63) is 29.1 Å². The van der Waals surface area contributed by atoms with Gasteiger partial charge in [-0.15, -0.1) is 0 Å². The molecule has 2 aromatic rings. The van der Waals surface area contributed by atoms with Gasteiger partial charge in [-0.2, -0.15) is 0 Å². The maximum atomic E-state index is 5.91. The number of aromatic nitrogens is 1. The van der Waals surface area contributed by atoms with E-state index in [1.54, 1.807) is 6.07 Å². The van der Waals surface area contributed by atoms with Crippen LogP contribution in [0.3, 0.4) is 0 Å². The SMILES string of the molecule is Clc1ccc2oc(CC3COCCN3)nc2c1. The van der Waals surface area contributed by atoms with Crippen LogP contribution in [-0.2, 0) is 11.2 Å².